The molecule has 132 valence electrons. The van der Waals surface area contributed by atoms with Gasteiger partial charge in [-0.1, -0.05) is 30.3 Å². The van der Waals surface area contributed by atoms with Gasteiger partial charge in [0.2, 0.25) is 5.82 Å². The number of nitrogens with zero attached hydrogens (tertiary/aromatic N) is 2. The summed E-state index contributed by atoms with van der Waals surface area (Å²) in [5.74, 6) is -0.611. The second kappa shape index (κ2) is 7.45. The summed E-state index contributed by atoms with van der Waals surface area (Å²) in [4.78, 5) is 24.9. The monoisotopic (exact) mass is 347 g/mol. The molecule has 2 rings (SSSR count). The van der Waals surface area contributed by atoms with Crippen molar-refractivity contribution in [2.24, 2.45) is 0 Å². The molecule has 25 heavy (non-hydrogen) atoms. The lowest BCUT2D eigenvalue weighted by Gasteiger charge is -2.22. The number of nitrogens with one attached hydrogen (secondary N) is 2. The minimum absolute atomic E-state index is 0.0521. The van der Waals surface area contributed by atoms with Crippen molar-refractivity contribution >= 4 is 29.1 Å². The molecular weight excluding hydrogens is 330 g/mol. The molecule has 0 saturated heterocycles. The fourth-order valence-electron chi connectivity index (χ4n) is 2.30. The molecule has 1 aromatic carbocycles. The molecule has 2 aromatic rings. The largest absolute Gasteiger partial charge is 0.465 e. The van der Waals surface area contributed by atoms with E-state index in [2.05, 4.69) is 10.3 Å². The van der Waals surface area contributed by atoms with Gasteiger partial charge in [0.15, 0.2) is 0 Å². The van der Waals surface area contributed by atoms with Crippen LogP contribution in [0.5, 0.6) is 0 Å². The van der Waals surface area contributed by atoms with Gasteiger partial charge in [-0.25, -0.2) is 9.78 Å². The van der Waals surface area contributed by atoms with Gasteiger partial charge in [0.25, 0.3) is 0 Å². The second-order valence-electron chi connectivity index (χ2n) is 5.26. The van der Waals surface area contributed by atoms with E-state index in [-0.39, 0.29) is 11.5 Å². The highest BCUT2D eigenvalue weighted by Crippen LogP contribution is 2.33. The topological polar surface area (TPSA) is 164 Å². The number of anilines is 3. The molecule has 0 aliphatic rings. The van der Waals surface area contributed by atoms with Crippen LogP contribution in [0.3, 0.4) is 0 Å². The summed E-state index contributed by atoms with van der Waals surface area (Å²) in [5, 5.41) is 35.2. The van der Waals surface area contributed by atoms with Gasteiger partial charge in [0, 0.05) is 6.07 Å². The van der Waals surface area contributed by atoms with Crippen LogP contribution in [0.15, 0.2) is 36.4 Å². The SMILES string of the molecule is C[C@H](Nc1cc(NC(=O)O)nc(N)c1[N+](=O)[O-])[C@@H](O)c1ccccc1. The van der Waals surface area contributed by atoms with Crippen molar-refractivity contribution in [2.75, 3.05) is 16.4 Å². The number of nitrogen functional groups attached to an aromatic ring is 1. The molecule has 6 N–H and O–H groups in total. The molecule has 10 heteroatoms. The smallest absolute Gasteiger partial charge is 0.410 e. The molecule has 10 nitrogen and oxygen atoms in total. The van der Waals surface area contributed by atoms with Crippen molar-refractivity contribution in [3.8, 4) is 0 Å². The van der Waals surface area contributed by atoms with E-state index in [0.29, 0.717) is 5.56 Å². The van der Waals surface area contributed by atoms with Crippen LogP contribution in [0.25, 0.3) is 0 Å². The maximum atomic E-state index is 11.2. The molecule has 0 radical (unpaired) electrons. The Labute approximate surface area is 142 Å². The third-order valence-electron chi connectivity index (χ3n) is 3.44. The van der Waals surface area contributed by atoms with E-state index in [1.165, 1.54) is 0 Å². The number of carboxylic acid groups (broad SMARTS) is 1. The first kappa shape index (κ1) is 17.9. The van der Waals surface area contributed by atoms with Gasteiger partial charge in [-0.3, -0.25) is 15.4 Å². The highest BCUT2D eigenvalue weighted by atomic mass is 16.6. The Balaban J connectivity index is 2.34. The molecule has 0 aliphatic carbocycles. The number of hydrogen-bond donors (Lipinski definition) is 5. The number of aliphatic hydroxyl groups excluding tert-OH is 1. The van der Waals surface area contributed by atoms with Crippen LogP contribution >= 0.6 is 0 Å². The highest BCUT2D eigenvalue weighted by Gasteiger charge is 2.25. The molecule has 1 amide bonds. The normalized spacial score (nSPS) is 12.9. The van der Waals surface area contributed by atoms with Gasteiger partial charge < -0.3 is 21.3 Å². The summed E-state index contributed by atoms with van der Waals surface area (Å²) < 4.78 is 0. The van der Waals surface area contributed by atoms with Crippen LogP contribution in [0.2, 0.25) is 0 Å². The molecule has 0 unspecified atom stereocenters. The maximum Gasteiger partial charge on any atom is 0.410 e. The summed E-state index contributed by atoms with van der Waals surface area (Å²) in [6, 6.07) is 9.27. The Kier molecular flexibility index (Phi) is 5.35. The Morgan fingerprint density at radius 1 is 1.36 bits per heavy atom. The molecule has 0 aliphatic heterocycles. The van der Waals surface area contributed by atoms with Gasteiger partial charge in [-0.2, -0.15) is 0 Å². The minimum atomic E-state index is -1.39. The van der Waals surface area contributed by atoms with Gasteiger partial charge >= 0.3 is 11.8 Å². The molecule has 1 aromatic heterocycles. The number of nitro groups is 1. The number of nitrogens with two attached hydrogens (primary N) is 1. The van der Waals surface area contributed by atoms with E-state index in [1.807, 2.05) is 5.32 Å². The van der Waals surface area contributed by atoms with Crippen LogP contribution < -0.4 is 16.4 Å². The zero-order valence-electron chi connectivity index (χ0n) is 13.2. The second-order valence-corrected chi connectivity index (χ2v) is 5.26. The fourth-order valence-corrected chi connectivity index (χ4v) is 2.30. The lowest BCUT2D eigenvalue weighted by atomic mass is 10.0. The first-order valence-electron chi connectivity index (χ1n) is 7.24. The van der Waals surface area contributed by atoms with Crippen LogP contribution in [0.1, 0.15) is 18.6 Å². The summed E-state index contributed by atoms with van der Waals surface area (Å²) in [6.07, 6.45) is -2.34. The van der Waals surface area contributed by atoms with Gasteiger partial charge in [-0.05, 0) is 12.5 Å². The average Bonchev–Trinajstić information content (AvgIpc) is 2.53. The summed E-state index contributed by atoms with van der Waals surface area (Å²) in [5.41, 5.74) is 5.65. The standard InChI is InChI=1S/C15H17N5O5/c1-8(13(21)9-5-3-2-4-6-9)17-10-7-11(19-15(22)23)18-14(16)12(10)20(24)25/h2-8,13,21H,1H3,(H,22,23)(H4,16,17,18,19)/t8-,13+/m0/s1. The zero-order valence-corrected chi connectivity index (χ0v) is 13.2. The summed E-state index contributed by atoms with van der Waals surface area (Å²) >= 11 is 0. The molecule has 2 atom stereocenters. The third-order valence-corrected chi connectivity index (χ3v) is 3.44. The minimum Gasteiger partial charge on any atom is -0.465 e. The number of aliphatic hydroxyl groups is 1. The van der Waals surface area contributed by atoms with E-state index in [9.17, 15) is 20.0 Å². The Morgan fingerprint density at radius 2 is 2.00 bits per heavy atom. The van der Waals surface area contributed by atoms with Crippen molar-refractivity contribution in [3.05, 3.63) is 52.1 Å². The van der Waals surface area contributed by atoms with Crippen molar-refractivity contribution in [3.63, 3.8) is 0 Å². The quantitative estimate of drug-likeness (QED) is 0.392. The zero-order chi connectivity index (χ0) is 18.6. The maximum absolute atomic E-state index is 11.2. The van der Waals surface area contributed by atoms with Crippen LogP contribution in [-0.4, -0.2) is 32.3 Å². The van der Waals surface area contributed by atoms with Crippen molar-refractivity contribution < 1.29 is 19.9 Å². The van der Waals surface area contributed by atoms with E-state index >= 15 is 0 Å². The Hall–Kier alpha value is -3.40. The molecule has 0 spiro atoms. The number of pyridine rings is 1. The predicted octanol–water partition coefficient (Wildman–Crippen LogP) is 2.20. The number of hydrogen-bond acceptors (Lipinski definition) is 7. The van der Waals surface area contributed by atoms with Crippen molar-refractivity contribution in [1.29, 1.82) is 0 Å². The van der Waals surface area contributed by atoms with E-state index < -0.39 is 34.7 Å². The molecular formula is C15H17N5O5. The van der Waals surface area contributed by atoms with Crippen molar-refractivity contribution in [1.82, 2.24) is 4.98 Å². The van der Waals surface area contributed by atoms with Gasteiger partial charge in [-0.15, -0.1) is 0 Å². The fraction of sp³-hybridized carbons (Fsp3) is 0.200. The Morgan fingerprint density at radius 3 is 2.56 bits per heavy atom. The molecule has 0 fully saturated rings. The molecule has 0 saturated carbocycles. The van der Waals surface area contributed by atoms with Crippen molar-refractivity contribution in [2.45, 2.75) is 19.1 Å². The average molecular weight is 347 g/mol. The molecule has 0 bridgehead atoms. The third kappa shape index (κ3) is 4.32. The summed E-state index contributed by atoms with van der Waals surface area (Å²) in [7, 11) is 0. The van der Waals surface area contributed by atoms with E-state index in [1.54, 1.807) is 37.3 Å². The molecule has 1 heterocycles. The van der Waals surface area contributed by atoms with Gasteiger partial charge in [0.05, 0.1) is 17.1 Å². The predicted molar refractivity (Wildman–Crippen MR) is 91.4 cm³/mol. The number of rotatable bonds is 6. The van der Waals surface area contributed by atoms with E-state index in [4.69, 9.17) is 10.8 Å². The number of carbonyl (C=O) groups is 1. The number of benzene rings is 1. The first-order valence-corrected chi connectivity index (χ1v) is 7.24. The number of amides is 1. The van der Waals surface area contributed by atoms with Crippen LogP contribution in [0.4, 0.5) is 27.8 Å². The van der Waals surface area contributed by atoms with E-state index in [0.717, 1.165) is 6.07 Å². The van der Waals surface area contributed by atoms with Crippen LogP contribution in [-0.2, 0) is 0 Å². The van der Waals surface area contributed by atoms with Gasteiger partial charge in [0.1, 0.15) is 11.5 Å². The summed E-state index contributed by atoms with van der Waals surface area (Å²) in [6.45, 7) is 1.63. The number of aromatic nitrogens is 1. The highest BCUT2D eigenvalue weighted by molar-refractivity contribution is 5.85. The lowest BCUT2D eigenvalue weighted by molar-refractivity contribution is -0.383. The Bertz CT molecular complexity index is 783. The first-order chi connectivity index (χ1) is 11.8. The lowest BCUT2D eigenvalue weighted by Crippen LogP contribution is -2.25. The van der Waals surface area contributed by atoms with Crippen LogP contribution in [0, 0.1) is 10.1 Å².